The maximum atomic E-state index is 12.1. The summed E-state index contributed by atoms with van der Waals surface area (Å²) in [5.41, 5.74) is -0.0365. The van der Waals surface area contributed by atoms with Gasteiger partial charge in [0, 0.05) is 37.7 Å². The third-order valence-electron chi connectivity index (χ3n) is 3.88. The van der Waals surface area contributed by atoms with E-state index in [2.05, 4.69) is 11.9 Å². The summed E-state index contributed by atoms with van der Waals surface area (Å²) < 4.78 is 1.99. The molecule has 1 aromatic rings. The van der Waals surface area contributed by atoms with Crippen LogP contribution in [0.5, 0.6) is 0 Å². The molecular formula is C13H20N2O. The summed E-state index contributed by atoms with van der Waals surface area (Å²) in [5, 5.41) is 0. The lowest BCUT2D eigenvalue weighted by molar-refractivity contribution is -0.127. The maximum absolute atomic E-state index is 12.1. The van der Waals surface area contributed by atoms with Crippen molar-refractivity contribution in [2.24, 2.45) is 12.5 Å². The maximum Gasteiger partial charge on any atom is 0.139 e. The highest BCUT2D eigenvalue weighted by atomic mass is 16.1. The third-order valence-corrected chi connectivity index (χ3v) is 3.88. The average Bonchev–Trinajstić information content (AvgIpc) is 2.85. The number of rotatable bonds is 4. The van der Waals surface area contributed by atoms with E-state index in [4.69, 9.17) is 0 Å². The number of aryl methyl sites for hydroxylation is 2. The summed E-state index contributed by atoms with van der Waals surface area (Å²) in [5.74, 6) is 1.43. The van der Waals surface area contributed by atoms with E-state index in [0.29, 0.717) is 12.2 Å². The average molecular weight is 220 g/mol. The molecule has 1 aliphatic rings. The molecule has 1 aromatic heterocycles. The van der Waals surface area contributed by atoms with Gasteiger partial charge in [0.1, 0.15) is 11.6 Å². The van der Waals surface area contributed by atoms with Crippen LogP contribution in [0.4, 0.5) is 0 Å². The largest absolute Gasteiger partial charge is 0.338 e. The number of imidazole rings is 1. The van der Waals surface area contributed by atoms with Gasteiger partial charge in [0.25, 0.3) is 0 Å². The van der Waals surface area contributed by atoms with Gasteiger partial charge in [0.15, 0.2) is 0 Å². The van der Waals surface area contributed by atoms with Gasteiger partial charge in [-0.05, 0) is 12.8 Å². The van der Waals surface area contributed by atoms with Gasteiger partial charge < -0.3 is 4.57 Å². The lowest BCUT2D eigenvalue weighted by Gasteiger charge is -2.21. The highest BCUT2D eigenvalue weighted by Gasteiger charge is 2.35. The standard InChI is InChI=1S/C13H20N2O/c1-13(7-3-4-8-13)11(16)5-6-12-14-9-10-15(12)2/h9-10H,3-8H2,1-2H3. The second-order valence-electron chi connectivity index (χ2n) is 5.15. The number of carbonyl (C=O) groups excluding carboxylic acids is 1. The number of ketones is 1. The van der Waals surface area contributed by atoms with Crippen LogP contribution in [0.1, 0.15) is 44.9 Å². The fraction of sp³-hybridized carbons (Fsp3) is 0.692. The molecule has 0 aromatic carbocycles. The minimum atomic E-state index is -0.0365. The van der Waals surface area contributed by atoms with E-state index in [1.165, 1.54) is 12.8 Å². The Kier molecular flexibility index (Phi) is 3.13. The predicted molar refractivity (Wildman–Crippen MR) is 63.1 cm³/mol. The number of aromatic nitrogens is 2. The lowest BCUT2D eigenvalue weighted by atomic mass is 9.82. The molecule has 0 spiro atoms. The SMILES string of the molecule is Cn1ccnc1CCC(=O)C1(C)CCCC1. The van der Waals surface area contributed by atoms with Crippen molar-refractivity contribution in [1.82, 2.24) is 9.55 Å². The van der Waals surface area contributed by atoms with E-state index in [1.54, 1.807) is 6.20 Å². The molecule has 0 atom stereocenters. The Labute approximate surface area is 96.9 Å². The molecule has 0 saturated heterocycles. The molecule has 0 unspecified atom stereocenters. The molecule has 0 aliphatic heterocycles. The summed E-state index contributed by atoms with van der Waals surface area (Å²) in [6.45, 7) is 2.13. The Morgan fingerprint density at radius 1 is 1.50 bits per heavy atom. The van der Waals surface area contributed by atoms with Gasteiger partial charge in [-0.3, -0.25) is 4.79 Å². The number of nitrogens with zero attached hydrogens (tertiary/aromatic N) is 2. The molecule has 16 heavy (non-hydrogen) atoms. The number of hydrogen-bond donors (Lipinski definition) is 0. The van der Waals surface area contributed by atoms with Crippen molar-refractivity contribution in [1.29, 1.82) is 0 Å². The molecule has 0 amide bonds. The van der Waals surface area contributed by atoms with Crippen molar-refractivity contribution >= 4 is 5.78 Å². The van der Waals surface area contributed by atoms with Crippen molar-refractivity contribution in [3.8, 4) is 0 Å². The molecule has 2 rings (SSSR count). The smallest absolute Gasteiger partial charge is 0.139 e. The third kappa shape index (κ3) is 2.18. The molecule has 1 fully saturated rings. The van der Waals surface area contributed by atoms with Crippen molar-refractivity contribution in [2.75, 3.05) is 0 Å². The van der Waals surface area contributed by atoms with E-state index < -0.39 is 0 Å². The van der Waals surface area contributed by atoms with Crippen molar-refractivity contribution in [2.45, 2.75) is 45.4 Å². The van der Waals surface area contributed by atoms with E-state index >= 15 is 0 Å². The van der Waals surface area contributed by atoms with Crippen LogP contribution in [-0.2, 0) is 18.3 Å². The zero-order valence-corrected chi connectivity index (χ0v) is 10.2. The molecule has 1 aliphatic carbocycles. The zero-order valence-electron chi connectivity index (χ0n) is 10.2. The first-order valence-electron chi connectivity index (χ1n) is 6.11. The zero-order chi connectivity index (χ0) is 11.6. The molecule has 1 heterocycles. The van der Waals surface area contributed by atoms with Crippen LogP contribution >= 0.6 is 0 Å². The minimum Gasteiger partial charge on any atom is -0.338 e. The van der Waals surface area contributed by atoms with Gasteiger partial charge >= 0.3 is 0 Å². The fourth-order valence-corrected chi connectivity index (χ4v) is 2.60. The van der Waals surface area contributed by atoms with Gasteiger partial charge in [-0.1, -0.05) is 19.8 Å². The Bertz CT molecular complexity index is 375. The molecule has 3 nitrogen and oxygen atoms in total. The van der Waals surface area contributed by atoms with Crippen molar-refractivity contribution in [3.05, 3.63) is 18.2 Å². The topological polar surface area (TPSA) is 34.9 Å². The van der Waals surface area contributed by atoms with Crippen LogP contribution in [0.25, 0.3) is 0 Å². The summed E-state index contributed by atoms with van der Waals surface area (Å²) in [6, 6.07) is 0. The Morgan fingerprint density at radius 2 is 2.19 bits per heavy atom. The normalized spacial score (nSPS) is 18.9. The monoisotopic (exact) mass is 220 g/mol. The van der Waals surface area contributed by atoms with Gasteiger partial charge in [-0.25, -0.2) is 4.98 Å². The summed E-state index contributed by atoms with van der Waals surface area (Å²) in [4.78, 5) is 16.4. The first kappa shape index (κ1) is 11.4. The van der Waals surface area contributed by atoms with Crippen LogP contribution in [0.3, 0.4) is 0 Å². The Balaban J connectivity index is 1.91. The number of Topliss-reactive ketones (excluding diaryl/α,β-unsaturated/α-hetero) is 1. The summed E-state index contributed by atoms with van der Waals surface area (Å²) in [6.07, 6.45) is 9.71. The van der Waals surface area contributed by atoms with Gasteiger partial charge in [0.05, 0.1) is 0 Å². The van der Waals surface area contributed by atoms with Crippen molar-refractivity contribution in [3.63, 3.8) is 0 Å². The number of carbonyl (C=O) groups is 1. The fourth-order valence-electron chi connectivity index (χ4n) is 2.60. The van der Waals surface area contributed by atoms with Crippen LogP contribution < -0.4 is 0 Å². The molecule has 88 valence electrons. The first-order chi connectivity index (χ1) is 7.62. The quantitative estimate of drug-likeness (QED) is 0.781. The van der Waals surface area contributed by atoms with Crippen LogP contribution in [0.2, 0.25) is 0 Å². The van der Waals surface area contributed by atoms with Crippen molar-refractivity contribution < 1.29 is 4.79 Å². The molecule has 3 heteroatoms. The second-order valence-corrected chi connectivity index (χ2v) is 5.15. The van der Waals surface area contributed by atoms with Gasteiger partial charge in [-0.2, -0.15) is 0 Å². The Morgan fingerprint density at radius 3 is 2.75 bits per heavy atom. The summed E-state index contributed by atoms with van der Waals surface area (Å²) >= 11 is 0. The molecule has 0 radical (unpaired) electrons. The minimum absolute atomic E-state index is 0.0365. The predicted octanol–water partition coefficient (Wildman–Crippen LogP) is 2.50. The second kappa shape index (κ2) is 4.40. The lowest BCUT2D eigenvalue weighted by Crippen LogP contribution is -2.24. The van der Waals surface area contributed by atoms with Crippen LogP contribution in [0, 0.1) is 5.41 Å². The van der Waals surface area contributed by atoms with E-state index in [9.17, 15) is 4.79 Å². The molecule has 1 saturated carbocycles. The Hall–Kier alpha value is -1.12. The van der Waals surface area contributed by atoms with Gasteiger partial charge in [-0.15, -0.1) is 0 Å². The highest BCUT2D eigenvalue weighted by Crippen LogP contribution is 2.39. The van der Waals surface area contributed by atoms with Gasteiger partial charge in [0.2, 0.25) is 0 Å². The van der Waals surface area contributed by atoms with E-state index in [-0.39, 0.29) is 5.41 Å². The number of hydrogen-bond acceptors (Lipinski definition) is 2. The van der Waals surface area contributed by atoms with Crippen LogP contribution in [-0.4, -0.2) is 15.3 Å². The molecular weight excluding hydrogens is 200 g/mol. The van der Waals surface area contributed by atoms with E-state index in [0.717, 1.165) is 25.1 Å². The summed E-state index contributed by atoms with van der Waals surface area (Å²) in [7, 11) is 1.98. The molecule has 0 bridgehead atoms. The first-order valence-corrected chi connectivity index (χ1v) is 6.11. The van der Waals surface area contributed by atoms with Crippen LogP contribution in [0.15, 0.2) is 12.4 Å². The molecule has 0 N–H and O–H groups in total. The highest BCUT2D eigenvalue weighted by molar-refractivity contribution is 5.84. The van der Waals surface area contributed by atoms with E-state index in [1.807, 2.05) is 17.8 Å².